The van der Waals surface area contributed by atoms with E-state index in [9.17, 15) is 4.39 Å². The van der Waals surface area contributed by atoms with Crippen molar-refractivity contribution in [2.75, 3.05) is 6.61 Å². The van der Waals surface area contributed by atoms with Gasteiger partial charge in [0.2, 0.25) is 0 Å². The van der Waals surface area contributed by atoms with E-state index in [0.29, 0.717) is 23.6 Å². The Kier molecular flexibility index (Phi) is 8.44. The SMILES string of the molecule is CCCCCCCCOc1ccc(-c2ccc(CCC)cn2)c(F)c1. The van der Waals surface area contributed by atoms with Crippen molar-refractivity contribution in [1.29, 1.82) is 0 Å². The van der Waals surface area contributed by atoms with Gasteiger partial charge in [-0.3, -0.25) is 4.98 Å². The van der Waals surface area contributed by atoms with Crippen LogP contribution in [0.25, 0.3) is 11.3 Å². The fraction of sp³-hybridized carbons (Fsp3) is 0.500. The van der Waals surface area contributed by atoms with Crippen LogP contribution in [0.2, 0.25) is 0 Å². The zero-order valence-corrected chi connectivity index (χ0v) is 15.6. The molecule has 0 saturated carbocycles. The summed E-state index contributed by atoms with van der Waals surface area (Å²) in [6.45, 7) is 5.00. The zero-order chi connectivity index (χ0) is 17.9. The first kappa shape index (κ1) is 19.4. The van der Waals surface area contributed by atoms with Gasteiger partial charge in [-0.2, -0.15) is 0 Å². The lowest BCUT2D eigenvalue weighted by Crippen LogP contribution is -1.98. The molecule has 136 valence electrons. The van der Waals surface area contributed by atoms with Crippen molar-refractivity contribution in [3.05, 3.63) is 47.9 Å². The van der Waals surface area contributed by atoms with E-state index in [2.05, 4.69) is 18.8 Å². The van der Waals surface area contributed by atoms with E-state index in [0.717, 1.165) is 19.3 Å². The summed E-state index contributed by atoms with van der Waals surface area (Å²) < 4.78 is 20.1. The Hall–Kier alpha value is -1.90. The molecule has 0 unspecified atom stereocenters. The number of rotatable bonds is 11. The predicted molar refractivity (Wildman–Crippen MR) is 102 cm³/mol. The normalized spacial score (nSPS) is 10.8. The number of aryl methyl sites for hydroxylation is 1. The summed E-state index contributed by atoms with van der Waals surface area (Å²) in [6.07, 6.45) is 11.2. The monoisotopic (exact) mass is 343 g/mol. The summed E-state index contributed by atoms with van der Waals surface area (Å²) >= 11 is 0. The zero-order valence-electron chi connectivity index (χ0n) is 15.6. The van der Waals surface area contributed by atoms with Crippen LogP contribution < -0.4 is 4.74 Å². The summed E-state index contributed by atoms with van der Waals surface area (Å²) in [6, 6.07) is 8.97. The van der Waals surface area contributed by atoms with Crippen molar-refractivity contribution >= 4 is 0 Å². The van der Waals surface area contributed by atoms with Crippen molar-refractivity contribution in [3.8, 4) is 17.0 Å². The first-order valence-corrected chi connectivity index (χ1v) is 9.62. The Morgan fingerprint density at radius 2 is 1.72 bits per heavy atom. The van der Waals surface area contributed by atoms with E-state index in [4.69, 9.17) is 4.74 Å². The number of nitrogens with zero attached hydrogens (tertiary/aromatic N) is 1. The lowest BCUT2D eigenvalue weighted by Gasteiger charge is -2.09. The van der Waals surface area contributed by atoms with Gasteiger partial charge in [0.1, 0.15) is 11.6 Å². The first-order valence-electron chi connectivity index (χ1n) is 9.62. The molecule has 1 heterocycles. The molecular formula is C22H30FNO. The molecule has 2 nitrogen and oxygen atoms in total. The molecule has 0 spiro atoms. The van der Waals surface area contributed by atoms with Crippen LogP contribution in [-0.2, 0) is 6.42 Å². The number of hydrogen-bond donors (Lipinski definition) is 0. The van der Waals surface area contributed by atoms with Crippen LogP contribution >= 0.6 is 0 Å². The highest BCUT2D eigenvalue weighted by molar-refractivity contribution is 5.61. The minimum Gasteiger partial charge on any atom is -0.493 e. The molecule has 3 heteroatoms. The summed E-state index contributed by atoms with van der Waals surface area (Å²) in [5, 5.41) is 0. The third-order valence-electron chi connectivity index (χ3n) is 4.35. The van der Waals surface area contributed by atoms with E-state index in [1.165, 1.54) is 43.7 Å². The predicted octanol–water partition coefficient (Wildman–Crippen LogP) is 6.58. The summed E-state index contributed by atoms with van der Waals surface area (Å²) in [4.78, 5) is 4.39. The van der Waals surface area contributed by atoms with Gasteiger partial charge in [0.25, 0.3) is 0 Å². The van der Waals surface area contributed by atoms with Crippen LogP contribution in [0, 0.1) is 5.82 Å². The maximum atomic E-state index is 14.4. The second-order valence-electron chi connectivity index (χ2n) is 6.56. The lowest BCUT2D eigenvalue weighted by atomic mass is 10.1. The molecule has 0 amide bonds. The lowest BCUT2D eigenvalue weighted by molar-refractivity contribution is 0.303. The Morgan fingerprint density at radius 3 is 2.40 bits per heavy atom. The average Bonchev–Trinajstić information content (AvgIpc) is 2.62. The fourth-order valence-electron chi connectivity index (χ4n) is 2.89. The van der Waals surface area contributed by atoms with Gasteiger partial charge in [0, 0.05) is 17.8 Å². The Balaban J connectivity index is 1.85. The molecule has 1 aromatic heterocycles. The summed E-state index contributed by atoms with van der Waals surface area (Å²) in [5.41, 5.74) is 2.38. The topological polar surface area (TPSA) is 22.1 Å². The highest BCUT2D eigenvalue weighted by Gasteiger charge is 2.08. The molecule has 2 rings (SSSR count). The Bertz CT molecular complexity index is 624. The number of unbranched alkanes of at least 4 members (excludes halogenated alkanes) is 5. The van der Waals surface area contributed by atoms with Gasteiger partial charge < -0.3 is 4.74 Å². The number of halogens is 1. The summed E-state index contributed by atoms with van der Waals surface area (Å²) in [7, 11) is 0. The van der Waals surface area contributed by atoms with Gasteiger partial charge in [0.05, 0.1) is 12.3 Å². The molecule has 2 aromatic rings. The molecule has 0 saturated heterocycles. The second kappa shape index (κ2) is 10.9. The van der Waals surface area contributed by atoms with Gasteiger partial charge in [-0.1, -0.05) is 58.4 Å². The molecule has 0 aliphatic heterocycles. The highest BCUT2D eigenvalue weighted by Crippen LogP contribution is 2.25. The van der Waals surface area contributed by atoms with E-state index in [1.54, 1.807) is 6.07 Å². The third-order valence-corrected chi connectivity index (χ3v) is 4.35. The molecule has 0 radical (unpaired) electrons. The van der Waals surface area contributed by atoms with Gasteiger partial charge >= 0.3 is 0 Å². The smallest absolute Gasteiger partial charge is 0.136 e. The number of ether oxygens (including phenoxy) is 1. The van der Waals surface area contributed by atoms with Crippen LogP contribution in [0.4, 0.5) is 4.39 Å². The van der Waals surface area contributed by atoms with Crippen LogP contribution in [0.3, 0.4) is 0 Å². The standard InChI is InChI=1S/C22H30FNO/c1-3-5-6-7-8-9-15-25-19-12-13-20(21(23)16-19)22-14-11-18(10-4-2)17-24-22/h11-14,16-17H,3-10,15H2,1-2H3. The molecule has 0 bridgehead atoms. The molecule has 1 aromatic carbocycles. The minimum atomic E-state index is -0.281. The number of pyridine rings is 1. The highest BCUT2D eigenvalue weighted by atomic mass is 19.1. The molecule has 25 heavy (non-hydrogen) atoms. The van der Waals surface area contributed by atoms with E-state index in [-0.39, 0.29) is 5.82 Å². The molecule has 0 aliphatic carbocycles. The van der Waals surface area contributed by atoms with Crippen LogP contribution in [0.5, 0.6) is 5.75 Å². The van der Waals surface area contributed by atoms with E-state index < -0.39 is 0 Å². The van der Waals surface area contributed by atoms with E-state index in [1.807, 2.05) is 24.4 Å². The quantitative estimate of drug-likeness (QED) is 0.430. The van der Waals surface area contributed by atoms with Crippen molar-refractivity contribution in [2.24, 2.45) is 0 Å². The van der Waals surface area contributed by atoms with Crippen molar-refractivity contribution < 1.29 is 9.13 Å². The number of benzene rings is 1. The molecule has 0 aliphatic rings. The van der Waals surface area contributed by atoms with Crippen molar-refractivity contribution in [3.63, 3.8) is 0 Å². The van der Waals surface area contributed by atoms with Crippen molar-refractivity contribution in [2.45, 2.75) is 65.2 Å². The average molecular weight is 343 g/mol. The maximum absolute atomic E-state index is 14.4. The molecule has 0 fully saturated rings. The van der Waals surface area contributed by atoms with Gasteiger partial charge in [-0.05, 0) is 36.6 Å². The van der Waals surface area contributed by atoms with Crippen LogP contribution in [0.15, 0.2) is 36.5 Å². The maximum Gasteiger partial charge on any atom is 0.136 e. The van der Waals surface area contributed by atoms with Gasteiger partial charge in [-0.15, -0.1) is 0 Å². The molecular weight excluding hydrogens is 313 g/mol. The Labute approximate surface area is 151 Å². The minimum absolute atomic E-state index is 0.281. The number of hydrogen-bond acceptors (Lipinski definition) is 2. The van der Waals surface area contributed by atoms with Crippen molar-refractivity contribution in [1.82, 2.24) is 4.98 Å². The molecule has 0 atom stereocenters. The largest absolute Gasteiger partial charge is 0.493 e. The van der Waals surface area contributed by atoms with Crippen LogP contribution in [-0.4, -0.2) is 11.6 Å². The second-order valence-corrected chi connectivity index (χ2v) is 6.56. The van der Waals surface area contributed by atoms with Gasteiger partial charge in [-0.25, -0.2) is 4.39 Å². The molecule has 0 N–H and O–H groups in total. The van der Waals surface area contributed by atoms with Crippen LogP contribution in [0.1, 0.15) is 64.4 Å². The fourth-order valence-corrected chi connectivity index (χ4v) is 2.89. The van der Waals surface area contributed by atoms with Gasteiger partial charge in [0.15, 0.2) is 0 Å². The Morgan fingerprint density at radius 1 is 0.920 bits per heavy atom. The summed E-state index contributed by atoms with van der Waals surface area (Å²) in [5.74, 6) is 0.314. The number of aromatic nitrogens is 1. The first-order chi connectivity index (χ1) is 12.2. The third kappa shape index (κ3) is 6.49. The van der Waals surface area contributed by atoms with E-state index >= 15 is 0 Å².